The van der Waals surface area contributed by atoms with Gasteiger partial charge in [0.2, 0.25) is 19.3 Å². The molecule has 2 saturated heterocycles. The molecule has 2 aromatic carbocycles. The van der Waals surface area contributed by atoms with Crippen molar-refractivity contribution in [2.75, 3.05) is 60.1 Å². The summed E-state index contributed by atoms with van der Waals surface area (Å²) in [6.07, 6.45) is 0. The molecule has 2 fully saturated rings. The monoisotopic (exact) mass is 510 g/mol. The summed E-state index contributed by atoms with van der Waals surface area (Å²) in [7, 11) is 1.50. The van der Waals surface area contributed by atoms with E-state index in [1.54, 1.807) is 30.3 Å². The van der Waals surface area contributed by atoms with E-state index >= 15 is 0 Å². The summed E-state index contributed by atoms with van der Waals surface area (Å²) in [5, 5.41) is 11.4. The largest absolute Gasteiger partial charge is 0.507 e. The second-order valence-electron chi connectivity index (χ2n) is 8.97. The van der Waals surface area contributed by atoms with Crippen LogP contribution in [0.4, 0.5) is 0 Å². The van der Waals surface area contributed by atoms with Gasteiger partial charge < -0.3 is 38.4 Å². The number of aliphatic hydroxyl groups excluding tert-OH is 1. The maximum Gasteiger partial charge on any atom is 0.295 e. The second-order valence-corrected chi connectivity index (χ2v) is 8.97. The first-order valence-electron chi connectivity index (χ1n) is 12.0. The molecule has 1 amide bonds. The number of methoxy groups -OCH3 is 1. The Kier molecular flexibility index (Phi) is 6.01. The molecule has 11 nitrogen and oxygen atoms in total. The van der Waals surface area contributed by atoms with E-state index < -0.39 is 17.7 Å². The lowest BCUT2D eigenvalue weighted by atomic mass is 9.94. The SMILES string of the molecule is COc1cc(C2/C(=C(\O)c3ccc4c(c3)OCO4)C(=O)C(=O)N2CCN2CCOCC2)cc2c1OCO2. The van der Waals surface area contributed by atoms with Crippen LogP contribution >= 0.6 is 0 Å². The van der Waals surface area contributed by atoms with Crippen molar-refractivity contribution in [2.24, 2.45) is 0 Å². The third-order valence-corrected chi connectivity index (χ3v) is 6.94. The van der Waals surface area contributed by atoms with Crippen molar-refractivity contribution < 1.29 is 43.1 Å². The van der Waals surface area contributed by atoms with Gasteiger partial charge in [-0.3, -0.25) is 14.5 Å². The topological polar surface area (TPSA) is 116 Å². The summed E-state index contributed by atoms with van der Waals surface area (Å²) in [4.78, 5) is 30.4. The molecule has 1 unspecified atom stereocenters. The summed E-state index contributed by atoms with van der Waals surface area (Å²) < 4.78 is 32.8. The predicted octanol–water partition coefficient (Wildman–Crippen LogP) is 1.91. The van der Waals surface area contributed by atoms with E-state index in [-0.39, 0.29) is 31.5 Å². The second kappa shape index (κ2) is 9.49. The third-order valence-electron chi connectivity index (χ3n) is 6.94. The molecule has 11 heteroatoms. The van der Waals surface area contributed by atoms with Crippen molar-refractivity contribution in [3.05, 3.63) is 47.0 Å². The normalized spacial score (nSPS) is 22.1. The third kappa shape index (κ3) is 4.09. The van der Waals surface area contributed by atoms with Crippen molar-refractivity contribution in [1.82, 2.24) is 9.80 Å². The quantitative estimate of drug-likeness (QED) is 0.351. The number of morpholine rings is 1. The molecule has 2 aromatic rings. The summed E-state index contributed by atoms with van der Waals surface area (Å²) in [6.45, 7) is 3.65. The van der Waals surface area contributed by atoms with Gasteiger partial charge in [0.05, 0.1) is 31.9 Å². The van der Waals surface area contributed by atoms with Gasteiger partial charge in [0.15, 0.2) is 23.0 Å². The number of aliphatic hydroxyl groups is 1. The Morgan fingerprint density at radius 3 is 2.54 bits per heavy atom. The number of hydrogen-bond donors (Lipinski definition) is 1. The number of hydrogen-bond acceptors (Lipinski definition) is 10. The highest BCUT2D eigenvalue weighted by Gasteiger charge is 2.47. The molecule has 37 heavy (non-hydrogen) atoms. The highest BCUT2D eigenvalue weighted by molar-refractivity contribution is 6.46. The minimum Gasteiger partial charge on any atom is -0.507 e. The van der Waals surface area contributed by atoms with Crippen LogP contribution in [0.2, 0.25) is 0 Å². The number of ketones is 1. The molecule has 4 aliphatic rings. The first-order valence-corrected chi connectivity index (χ1v) is 12.0. The Labute approximate surface area is 212 Å². The van der Waals surface area contributed by atoms with Gasteiger partial charge in [0, 0.05) is 31.7 Å². The molecule has 0 radical (unpaired) electrons. The van der Waals surface area contributed by atoms with Gasteiger partial charge in [-0.2, -0.15) is 0 Å². The van der Waals surface area contributed by atoms with Crippen LogP contribution in [-0.4, -0.2) is 86.7 Å². The molecular formula is C26H26N2O9. The fourth-order valence-electron chi connectivity index (χ4n) is 5.04. The zero-order valence-electron chi connectivity index (χ0n) is 20.2. The molecule has 194 valence electrons. The van der Waals surface area contributed by atoms with Gasteiger partial charge in [0.1, 0.15) is 5.76 Å². The van der Waals surface area contributed by atoms with Gasteiger partial charge in [0.25, 0.3) is 11.7 Å². The van der Waals surface area contributed by atoms with Crippen LogP contribution in [0.1, 0.15) is 17.2 Å². The van der Waals surface area contributed by atoms with E-state index in [0.29, 0.717) is 59.6 Å². The number of amides is 1. The van der Waals surface area contributed by atoms with Crippen molar-refractivity contribution in [2.45, 2.75) is 6.04 Å². The summed E-state index contributed by atoms with van der Waals surface area (Å²) >= 11 is 0. The zero-order chi connectivity index (χ0) is 25.5. The lowest BCUT2D eigenvalue weighted by molar-refractivity contribution is -0.140. The number of benzene rings is 2. The van der Waals surface area contributed by atoms with Crippen LogP contribution < -0.4 is 23.7 Å². The lowest BCUT2D eigenvalue weighted by Gasteiger charge is -2.31. The standard InChI is InChI=1S/C26H26N2O9/c1-32-19-11-16(12-20-25(19)37-14-36-20)22-21(23(29)15-2-3-17-18(10-15)35-13-34-17)24(30)26(31)28(22)5-4-27-6-8-33-9-7-27/h2-3,10-12,22,29H,4-9,13-14H2,1H3/b23-21+. The maximum atomic E-state index is 13.4. The number of nitrogens with zero attached hydrogens (tertiary/aromatic N) is 2. The molecule has 1 atom stereocenters. The molecule has 4 aliphatic heterocycles. The van der Waals surface area contributed by atoms with Crippen molar-refractivity contribution in [3.63, 3.8) is 0 Å². The number of carbonyl (C=O) groups excluding carboxylic acids is 2. The highest BCUT2D eigenvalue weighted by Crippen LogP contribution is 2.47. The molecular weight excluding hydrogens is 484 g/mol. The molecule has 1 N–H and O–H groups in total. The number of Topliss-reactive ketones (excluding diaryl/α,β-unsaturated/α-hetero) is 1. The molecule has 0 aliphatic carbocycles. The van der Waals surface area contributed by atoms with Gasteiger partial charge in [-0.25, -0.2) is 0 Å². The van der Waals surface area contributed by atoms with Gasteiger partial charge in [-0.1, -0.05) is 0 Å². The number of ether oxygens (including phenoxy) is 6. The number of likely N-dealkylation sites (tertiary alicyclic amines) is 1. The highest BCUT2D eigenvalue weighted by atomic mass is 16.7. The first-order chi connectivity index (χ1) is 18.0. The first kappa shape index (κ1) is 23.4. The van der Waals surface area contributed by atoms with Gasteiger partial charge in [-0.15, -0.1) is 0 Å². The average Bonchev–Trinajstić information content (AvgIpc) is 3.65. The predicted molar refractivity (Wildman–Crippen MR) is 128 cm³/mol. The molecule has 4 heterocycles. The lowest BCUT2D eigenvalue weighted by Crippen LogP contribution is -2.42. The minimum atomic E-state index is -0.866. The van der Waals surface area contributed by atoms with Crippen molar-refractivity contribution in [1.29, 1.82) is 0 Å². The van der Waals surface area contributed by atoms with E-state index in [0.717, 1.165) is 13.1 Å². The van der Waals surface area contributed by atoms with E-state index in [1.165, 1.54) is 12.0 Å². The van der Waals surface area contributed by atoms with E-state index in [2.05, 4.69) is 4.90 Å². The Balaban J connectivity index is 1.44. The van der Waals surface area contributed by atoms with Crippen LogP contribution in [0.5, 0.6) is 28.7 Å². The van der Waals surface area contributed by atoms with Gasteiger partial charge in [-0.05, 0) is 35.9 Å². The fourth-order valence-corrected chi connectivity index (χ4v) is 5.04. The molecule has 0 bridgehead atoms. The van der Waals surface area contributed by atoms with Crippen LogP contribution in [0.3, 0.4) is 0 Å². The van der Waals surface area contributed by atoms with E-state index in [1.807, 2.05) is 0 Å². The van der Waals surface area contributed by atoms with E-state index in [9.17, 15) is 14.7 Å². The molecule has 0 spiro atoms. The Morgan fingerprint density at radius 2 is 1.73 bits per heavy atom. The summed E-state index contributed by atoms with van der Waals surface area (Å²) in [5.41, 5.74) is 0.879. The zero-order valence-corrected chi connectivity index (χ0v) is 20.2. The number of carbonyl (C=O) groups is 2. The Bertz CT molecular complexity index is 1290. The van der Waals surface area contributed by atoms with Crippen molar-refractivity contribution in [3.8, 4) is 28.7 Å². The summed E-state index contributed by atoms with van der Waals surface area (Å²) in [6, 6.07) is 7.44. The number of fused-ring (bicyclic) bond motifs is 2. The van der Waals surface area contributed by atoms with Crippen LogP contribution in [0.25, 0.3) is 5.76 Å². The molecule has 0 aromatic heterocycles. The number of rotatable bonds is 6. The molecule has 0 saturated carbocycles. The Morgan fingerprint density at radius 1 is 0.973 bits per heavy atom. The minimum absolute atomic E-state index is 0.0215. The van der Waals surface area contributed by atoms with Crippen LogP contribution in [-0.2, 0) is 14.3 Å². The maximum absolute atomic E-state index is 13.4. The average molecular weight is 510 g/mol. The van der Waals surface area contributed by atoms with Crippen LogP contribution in [0, 0.1) is 0 Å². The fraction of sp³-hybridized carbons (Fsp3) is 0.385. The summed E-state index contributed by atoms with van der Waals surface area (Å²) in [5.74, 6) is 0.546. The Hall–Kier alpha value is -3.96. The molecule has 6 rings (SSSR count). The smallest absolute Gasteiger partial charge is 0.295 e. The van der Waals surface area contributed by atoms with Crippen LogP contribution in [0.15, 0.2) is 35.9 Å². The van der Waals surface area contributed by atoms with Crippen molar-refractivity contribution >= 4 is 17.4 Å². The van der Waals surface area contributed by atoms with Gasteiger partial charge >= 0.3 is 0 Å². The van der Waals surface area contributed by atoms with E-state index in [4.69, 9.17) is 28.4 Å².